The Labute approximate surface area is 146 Å². The van der Waals surface area contributed by atoms with Crippen LogP contribution in [0.2, 0.25) is 0 Å². The summed E-state index contributed by atoms with van der Waals surface area (Å²) in [6, 6.07) is 13.2. The Morgan fingerprint density at radius 3 is 2.60 bits per heavy atom. The molecule has 1 atom stereocenters. The smallest absolute Gasteiger partial charge is 0.236 e. The Kier molecular flexibility index (Phi) is 3.73. The molecule has 4 aromatic rings. The molecular formula is C17H14N6OS. The third-order valence-corrected chi connectivity index (χ3v) is 4.41. The number of rotatable bonds is 3. The maximum Gasteiger partial charge on any atom is 0.236 e. The van der Waals surface area contributed by atoms with Gasteiger partial charge in [0.25, 0.3) is 0 Å². The fraction of sp³-hybridized carbons (Fsp3) is 0.0588. The van der Waals surface area contributed by atoms with E-state index >= 15 is 0 Å². The summed E-state index contributed by atoms with van der Waals surface area (Å²) in [5.74, 6) is 0.869. The highest BCUT2D eigenvalue weighted by molar-refractivity contribution is 7.84. The largest absolute Gasteiger partial charge is 0.384 e. The number of benzene rings is 1. The predicted molar refractivity (Wildman–Crippen MR) is 96.2 cm³/mol. The molecule has 124 valence electrons. The van der Waals surface area contributed by atoms with Crippen LogP contribution in [-0.4, -0.2) is 34.8 Å². The molecule has 2 N–H and O–H groups in total. The number of anilines is 1. The van der Waals surface area contributed by atoms with Crippen LogP contribution in [0.3, 0.4) is 0 Å². The second kappa shape index (κ2) is 6.06. The first-order valence-electron chi connectivity index (χ1n) is 7.50. The highest BCUT2D eigenvalue weighted by atomic mass is 32.2. The minimum Gasteiger partial charge on any atom is -0.384 e. The lowest BCUT2D eigenvalue weighted by molar-refractivity contribution is 0.680. The van der Waals surface area contributed by atoms with Gasteiger partial charge >= 0.3 is 0 Å². The van der Waals surface area contributed by atoms with E-state index < -0.39 is 10.8 Å². The molecule has 0 spiro atoms. The van der Waals surface area contributed by atoms with Crippen molar-refractivity contribution in [3.8, 4) is 22.6 Å². The van der Waals surface area contributed by atoms with E-state index in [0.29, 0.717) is 17.3 Å². The van der Waals surface area contributed by atoms with E-state index in [1.165, 1.54) is 0 Å². The summed E-state index contributed by atoms with van der Waals surface area (Å²) in [6.07, 6.45) is 4.95. The van der Waals surface area contributed by atoms with E-state index in [1.54, 1.807) is 30.8 Å². The molecule has 1 aromatic carbocycles. The van der Waals surface area contributed by atoms with E-state index in [4.69, 9.17) is 5.73 Å². The van der Waals surface area contributed by atoms with Crippen molar-refractivity contribution in [2.75, 3.05) is 12.0 Å². The van der Waals surface area contributed by atoms with Crippen LogP contribution in [0.15, 0.2) is 60.0 Å². The van der Waals surface area contributed by atoms with Crippen LogP contribution in [0.25, 0.3) is 28.4 Å². The van der Waals surface area contributed by atoms with Gasteiger partial charge in [-0.3, -0.25) is 8.61 Å². The number of aromatic nitrogens is 5. The van der Waals surface area contributed by atoms with Gasteiger partial charge in [0.05, 0.1) is 16.5 Å². The molecule has 4 rings (SSSR count). The summed E-state index contributed by atoms with van der Waals surface area (Å²) in [5.41, 5.74) is 8.83. The molecular weight excluding hydrogens is 336 g/mol. The first kappa shape index (κ1) is 15.4. The van der Waals surface area contributed by atoms with Gasteiger partial charge in [-0.05, 0) is 12.1 Å². The average Bonchev–Trinajstić information content (AvgIpc) is 3.01. The lowest BCUT2D eigenvalue weighted by atomic mass is 10.1. The van der Waals surface area contributed by atoms with Crippen molar-refractivity contribution in [1.29, 1.82) is 0 Å². The van der Waals surface area contributed by atoms with Crippen molar-refractivity contribution < 1.29 is 4.21 Å². The zero-order valence-corrected chi connectivity index (χ0v) is 14.1. The first-order valence-corrected chi connectivity index (χ1v) is 9.06. The van der Waals surface area contributed by atoms with Crippen LogP contribution in [0.4, 0.5) is 5.82 Å². The van der Waals surface area contributed by atoms with Crippen molar-refractivity contribution in [3.63, 3.8) is 0 Å². The second-order valence-electron chi connectivity index (χ2n) is 5.38. The molecule has 0 saturated carbocycles. The Morgan fingerprint density at radius 2 is 1.84 bits per heavy atom. The number of nitrogens with zero attached hydrogens (tertiary/aromatic N) is 5. The maximum absolute atomic E-state index is 11.8. The Balaban J connectivity index is 2.04. The van der Waals surface area contributed by atoms with Crippen LogP contribution in [0, 0.1) is 0 Å². The van der Waals surface area contributed by atoms with Crippen molar-refractivity contribution in [1.82, 2.24) is 24.3 Å². The van der Waals surface area contributed by atoms with Crippen molar-refractivity contribution in [2.24, 2.45) is 0 Å². The van der Waals surface area contributed by atoms with Crippen molar-refractivity contribution >= 4 is 22.4 Å². The van der Waals surface area contributed by atoms with Crippen LogP contribution in [0.5, 0.6) is 0 Å². The van der Waals surface area contributed by atoms with Gasteiger partial charge in [-0.25, -0.2) is 15.0 Å². The standard InChI is InChI=1S/C17H14N6OS/c1-25(24)17-19-9-7-12(20-17)15-14(11-5-3-2-4-6-11)22-16-21-13(18)8-10-23(15)16/h2-10H,1H3,(H2,18,21,22). The molecule has 25 heavy (non-hydrogen) atoms. The molecule has 0 aliphatic rings. The van der Waals surface area contributed by atoms with Gasteiger partial charge in [0.2, 0.25) is 10.9 Å². The zero-order chi connectivity index (χ0) is 17.4. The number of fused-ring (bicyclic) bond motifs is 1. The van der Waals surface area contributed by atoms with E-state index in [9.17, 15) is 4.21 Å². The molecule has 1 unspecified atom stereocenters. The van der Waals surface area contributed by atoms with E-state index in [0.717, 1.165) is 17.0 Å². The van der Waals surface area contributed by atoms with Gasteiger partial charge in [0.1, 0.15) is 17.2 Å². The second-order valence-corrected chi connectivity index (χ2v) is 6.65. The van der Waals surface area contributed by atoms with Gasteiger partial charge in [-0.2, -0.15) is 4.98 Å². The lowest BCUT2D eigenvalue weighted by Gasteiger charge is -2.06. The SMILES string of the molecule is CS(=O)c1nccc(-c2c(-c3ccccc3)nc3nc(N)ccn23)n1. The summed E-state index contributed by atoms with van der Waals surface area (Å²) in [5, 5.41) is 0.273. The molecule has 0 radical (unpaired) electrons. The van der Waals surface area contributed by atoms with Crippen LogP contribution in [0.1, 0.15) is 0 Å². The maximum atomic E-state index is 11.8. The zero-order valence-electron chi connectivity index (χ0n) is 13.3. The highest BCUT2D eigenvalue weighted by Crippen LogP contribution is 2.31. The molecule has 0 fully saturated rings. The summed E-state index contributed by atoms with van der Waals surface area (Å²) in [7, 11) is -1.28. The Morgan fingerprint density at radius 1 is 1.04 bits per heavy atom. The summed E-state index contributed by atoms with van der Waals surface area (Å²) in [4.78, 5) is 17.4. The third kappa shape index (κ3) is 2.76. The molecule has 0 aliphatic heterocycles. The molecule has 8 heteroatoms. The van der Waals surface area contributed by atoms with Gasteiger partial charge in [-0.15, -0.1) is 0 Å². The molecule has 0 amide bonds. The number of nitrogen functional groups attached to an aromatic ring is 1. The number of hydrogen-bond acceptors (Lipinski definition) is 6. The minimum absolute atomic E-state index is 0.273. The summed E-state index contributed by atoms with van der Waals surface area (Å²) in [6.45, 7) is 0. The monoisotopic (exact) mass is 350 g/mol. The molecule has 7 nitrogen and oxygen atoms in total. The van der Waals surface area contributed by atoms with Gasteiger partial charge in [0, 0.05) is 24.2 Å². The third-order valence-electron chi connectivity index (χ3n) is 3.70. The quantitative estimate of drug-likeness (QED) is 0.569. The van der Waals surface area contributed by atoms with Crippen LogP contribution in [-0.2, 0) is 10.8 Å². The van der Waals surface area contributed by atoms with Crippen LogP contribution >= 0.6 is 0 Å². The van der Waals surface area contributed by atoms with Gasteiger partial charge in [0.15, 0.2) is 0 Å². The normalized spacial score (nSPS) is 12.4. The number of nitrogens with two attached hydrogens (primary N) is 1. The Bertz CT molecular complexity index is 1090. The molecule has 0 bridgehead atoms. The fourth-order valence-electron chi connectivity index (χ4n) is 2.60. The van der Waals surface area contributed by atoms with Gasteiger partial charge < -0.3 is 5.73 Å². The molecule has 0 aliphatic carbocycles. The molecule has 0 saturated heterocycles. The Hall–Kier alpha value is -3.13. The predicted octanol–water partition coefficient (Wildman–Crippen LogP) is 2.17. The van der Waals surface area contributed by atoms with E-state index in [-0.39, 0.29) is 5.16 Å². The van der Waals surface area contributed by atoms with Crippen LogP contribution < -0.4 is 5.73 Å². The average molecular weight is 350 g/mol. The number of hydrogen-bond donors (Lipinski definition) is 1. The van der Waals surface area contributed by atoms with E-state index in [2.05, 4.69) is 19.9 Å². The summed E-state index contributed by atoms with van der Waals surface area (Å²) >= 11 is 0. The van der Waals surface area contributed by atoms with E-state index in [1.807, 2.05) is 34.7 Å². The molecule has 3 aromatic heterocycles. The fourth-order valence-corrected chi connectivity index (χ4v) is 3.03. The van der Waals surface area contributed by atoms with Gasteiger partial charge in [-0.1, -0.05) is 30.3 Å². The highest BCUT2D eigenvalue weighted by Gasteiger charge is 2.18. The topological polar surface area (TPSA) is 99.1 Å². The molecule has 3 heterocycles. The minimum atomic E-state index is -1.28. The van der Waals surface area contributed by atoms with Crippen molar-refractivity contribution in [2.45, 2.75) is 5.16 Å². The first-order chi connectivity index (χ1) is 12.1. The lowest BCUT2D eigenvalue weighted by Crippen LogP contribution is -2.00. The van der Waals surface area contributed by atoms with Crippen molar-refractivity contribution in [3.05, 3.63) is 54.9 Å². The summed E-state index contributed by atoms with van der Waals surface area (Å²) < 4.78 is 13.6. The number of imidazole rings is 1.